The molecule has 7 nitrogen and oxygen atoms in total. The van der Waals surface area contributed by atoms with Crippen molar-refractivity contribution >= 4 is 30.0 Å². The fourth-order valence-corrected chi connectivity index (χ4v) is 3.69. The summed E-state index contributed by atoms with van der Waals surface area (Å²) >= 11 is 0. The number of halogens is 1. The molecule has 2 aliphatic rings. The molecule has 3 rings (SSSR count). The van der Waals surface area contributed by atoms with E-state index in [2.05, 4.69) is 16.0 Å². The normalized spacial score (nSPS) is 24.8. The van der Waals surface area contributed by atoms with Crippen LogP contribution in [0.3, 0.4) is 0 Å². The van der Waals surface area contributed by atoms with E-state index in [-0.39, 0.29) is 42.4 Å². The van der Waals surface area contributed by atoms with Crippen LogP contribution in [0.15, 0.2) is 24.3 Å². The molecule has 3 N–H and O–H groups in total. The molecule has 1 unspecified atom stereocenters. The van der Waals surface area contributed by atoms with Crippen LogP contribution in [0, 0.1) is 12.8 Å². The number of amides is 3. The second-order valence-electron chi connectivity index (χ2n) is 7.50. The van der Waals surface area contributed by atoms with Crippen LogP contribution in [0.1, 0.15) is 25.3 Å². The Morgan fingerprint density at radius 2 is 2.04 bits per heavy atom. The number of rotatable bonds is 4. The van der Waals surface area contributed by atoms with Crippen molar-refractivity contribution in [2.75, 3.05) is 38.1 Å². The second-order valence-corrected chi connectivity index (χ2v) is 7.50. The van der Waals surface area contributed by atoms with Gasteiger partial charge in [0, 0.05) is 31.9 Å². The Balaban J connectivity index is 0.00000280. The standard InChI is InChI=1S/C20H30N4O3.ClH/c1-14-5-7-17(8-6-14)23-20(26)22-12-16-4-3-10-24(13-16)19(25)18-15(2)27-11-9-21-18;/h5-8,15-16,18,21H,3-4,9-13H2,1-2H3,(H2,22,23,26);1H/t15-,16?,18+;/m1./s1. The van der Waals surface area contributed by atoms with E-state index in [1.165, 1.54) is 0 Å². The minimum absolute atomic E-state index is 0. The third-order valence-electron chi connectivity index (χ3n) is 5.27. The molecule has 28 heavy (non-hydrogen) atoms. The maximum absolute atomic E-state index is 12.8. The molecule has 3 amide bonds. The second kappa shape index (κ2) is 10.6. The van der Waals surface area contributed by atoms with Gasteiger partial charge in [-0.1, -0.05) is 17.7 Å². The molecule has 0 aromatic heterocycles. The number of urea groups is 1. The summed E-state index contributed by atoms with van der Waals surface area (Å²) < 4.78 is 5.60. The van der Waals surface area contributed by atoms with E-state index in [0.29, 0.717) is 26.2 Å². The molecule has 0 saturated carbocycles. The first-order valence-electron chi connectivity index (χ1n) is 9.78. The Hall–Kier alpha value is -1.83. The van der Waals surface area contributed by atoms with Gasteiger partial charge in [-0.15, -0.1) is 12.4 Å². The van der Waals surface area contributed by atoms with E-state index in [0.717, 1.165) is 30.6 Å². The zero-order valence-corrected chi connectivity index (χ0v) is 17.4. The largest absolute Gasteiger partial charge is 0.375 e. The molecular formula is C20H31ClN4O3. The summed E-state index contributed by atoms with van der Waals surface area (Å²) in [5.74, 6) is 0.377. The number of likely N-dealkylation sites (tertiary alicyclic amines) is 1. The van der Waals surface area contributed by atoms with Crippen LogP contribution in [-0.2, 0) is 9.53 Å². The summed E-state index contributed by atoms with van der Waals surface area (Å²) in [6.45, 7) is 7.31. The zero-order valence-electron chi connectivity index (χ0n) is 16.6. The van der Waals surface area contributed by atoms with Crippen molar-refractivity contribution in [2.45, 2.75) is 38.8 Å². The predicted octanol–water partition coefficient (Wildman–Crippen LogP) is 2.15. The number of nitrogens with zero attached hydrogens (tertiary/aromatic N) is 1. The number of nitrogens with one attached hydrogen (secondary N) is 3. The molecule has 0 spiro atoms. The Morgan fingerprint density at radius 1 is 1.29 bits per heavy atom. The lowest BCUT2D eigenvalue weighted by molar-refractivity contribution is -0.141. The molecule has 2 fully saturated rings. The minimum atomic E-state index is -0.268. The third-order valence-corrected chi connectivity index (χ3v) is 5.27. The lowest BCUT2D eigenvalue weighted by Gasteiger charge is -2.38. The van der Waals surface area contributed by atoms with E-state index in [9.17, 15) is 9.59 Å². The number of hydrogen-bond acceptors (Lipinski definition) is 4. The van der Waals surface area contributed by atoms with Gasteiger partial charge in [0.05, 0.1) is 12.7 Å². The van der Waals surface area contributed by atoms with E-state index in [1.807, 2.05) is 43.0 Å². The molecule has 0 aliphatic carbocycles. The Kier molecular flexibility index (Phi) is 8.54. The molecule has 8 heteroatoms. The maximum atomic E-state index is 12.8. The third kappa shape index (κ3) is 6.09. The van der Waals surface area contributed by atoms with Gasteiger partial charge in [-0.2, -0.15) is 0 Å². The van der Waals surface area contributed by atoms with Gasteiger partial charge in [-0.05, 0) is 44.7 Å². The van der Waals surface area contributed by atoms with E-state index in [4.69, 9.17) is 4.74 Å². The van der Waals surface area contributed by atoms with Crippen LogP contribution in [0.25, 0.3) is 0 Å². The fraction of sp³-hybridized carbons (Fsp3) is 0.600. The lowest BCUT2D eigenvalue weighted by Crippen LogP contribution is -2.58. The van der Waals surface area contributed by atoms with Gasteiger partial charge in [0.2, 0.25) is 5.91 Å². The lowest BCUT2D eigenvalue weighted by atomic mass is 9.96. The highest BCUT2D eigenvalue weighted by Gasteiger charge is 2.34. The predicted molar refractivity (Wildman–Crippen MR) is 112 cm³/mol. The van der Waals surface area contributed by atoms with Crippen molar-refractivity contribution in [1.82, 2.24) is 15.5 Å². The van der Waals surface area contributed by atoms with Gasteiger partial charge in [-0.3, -0.25) is 4.79 Å². The number of ether oxygens (including phenoxy) is 1. The van der Waals surface area contributed by atoms with Crippen LogP contribution in [0.2, 0.25) is 0 Å². The topological polar surface area (TPSA) is 82.7 Å². The van der Waals surface area contributed by atoms with Crippen LogP contribution >= 0.6 is 12.4 Å². The molecule has 1 aromatic carbocycles. The zero-order chi connectivity index (χ0) is 19.2. The van der Waals surface area contributed by atoms with Gasteiger partial charge < -0.3 is 25.6 Å². The van der Waals surface area contributed by atoms with Gasteiger partial charge >= 0.3 is 6.03 Å². The number of anilines is 1. The highest BCUT2D eigenvalue weighted by Crippen LogP contribution is 2.18. The first kappa shape index (κ1) is 22.5. The summed E-state index contributed by atoms with van der Waals surface area (Å²) in [5, 5.41) is 9.04. The number of carbonyl (C=O) groups is 2. The number of piperidine rings is 1. The van der Waals surface area contributed by atoms with Gasteiger partial charge in [0.1, 0.15) is 6.04 Å². The molecule has 0 bridgehead atoms. The Bertz CT molecular complexity index is 655. The van der Waals surface area contributed by atoms with Crippen molar-refractivity contribution in [1.29, 1.82) is 0 Å². The molecule has 1 aromatic rings. The van der Waals surface area contributed by atoms with Crippen LogP contribution in [-0.4, -0.2) is 61.8 Å². The van der Waals surface area contributed by atoms with Gasteiger partial charge in [0.15, 0.2) is 0 Å². The highest BCUT2D eigenvalue weighted by atomic mass is 35.5. The summed E-state index contributed by atoms with van der Waals surface area (Å²) in [7, 11) is 0. The molecule has 3 atom stereocenters. The number of aryl methyl sites for hydroxylation is 1. The molecule has 0 radical (unpaired) electrons. The van der Waals surface area contributed by atoms with E-state index >= 15 is 0 Å². The molecule has 156 valence electrons. The van der Waals surface area contributed by atoms with Crippen LogP contribution < -0.4 is 16.0 Å². The monoisotopic (exact) mass is 410 g/mol. The number of hydrogen-bond donors (Lipinski definition) is 3. The molecule has 2 saturated heterocycles. The Labute approximate surface area is 173 Å². The van der Waals surface area contributed by atoms with Gasteiger partial charge in [-0.25, -0.2) is 4.79 Å². The average Bonchev–Trinajstić information content (AvgIpc) is 2.68. The van der Waals surface area contributed by atoms with Crippen LogP contribution in [0.4, 0.5) is 10.5 Å². The number of benzene rings is 1. The van der Waals surface area contributed by atoms with E-state index < -0.39 is 0 Å². The number of carbonyl (C=O) groups excluding carboxylic acids is 2. The van der Waals surface area contributed by atoms with Crippen molar-refractivity contribution in [3.05, 3.63) is 29.8 Å². The van der Waals surface area contributed by atoms with Crippen LogP contribution in [0.5, 0.6) is 0 Å². The first-order chi connectivity index (χ1) is 13.0. The first-order valence-corrected chi connectivity index (χ1v) is 9.78. The summed E-state index contributed by atoms with van der Waals surface area (Å²) in [6, 6.07) is 7.22. The minimum Gasteiger partial charge on any atom is -0.375 e. The maximum Gasteiger partial charge on any atom is 0.319 e. The van der Waals surface area contributed by atoms with Crippen molar-refractivity contribution in [2.24, 2.45) is 5.92 Å². The van der Waals surface area contributed by atoms with Crippen molar-refractivity contribution in [3.63, 3.8) is 0 Å². The molecular weight excluding hydrogens is 380 g/mol. The SMILES string of the molecule is Cc1ccc(NC(=O)NCC2CCCN(C(=O)[C@H]3NCCO[C@@H]3C)C2)cc1.Cl. The molecule has 2 aliphatic heterocycles. The highest BCUT2D eigenvalue weighted by molar-refractivity contribution is 5.89. The summed E-state index contributed by atoms with van der Waals surface area (Å²) in [6.07, 6.45) is 1.86. The van der Waals surface area contributed by atoms with Crippen molar-refractivity contribution < 1.29 is 14.3 Å². The number of morpholine rings is 1. The average molecular weight is 411 g/mol. The quantitative estimate of drug-likeness (QED) is 0.710. The van der Waals surface area contributed by atoms with Crippen molar-refractivity contribution in [3.8, 4) is 0 Å². The van der Waals surface area contributed by atoms with Gasteiger partial charge in [0.25, 0.3) is 0 Å². The Morgan fingerprint density at radius 3 is 2.75 bits per heavy atom. The fourth-order valence-electron chi connectivity index (χ4n) is 3.69. The smallest absolute Gasteiger partial charge is 0.319 e. The molecule has 2 heterocycles. The van der Waals surface area contributed by atoms with E-state index in [1.54, 1.807) is 0 Å². The summed E-state index contributed by atoms with van der Waals surface area (Å²) in [4.78, 5) is 26.8. The summed E-state index contributed by atoms with van der Waals surface area (Å²) in [5.41, 5.74) is 1.93.